The highest BCUT2D eigenvalue weighted by atomic mass is 32.1. The smallest absolute Gasteiger partial charge is 0.225 e. The van der Waals surface area contributed by atoms with Gasteiger partial charge in [0.15, 0.2) is 4.96 Å². The number of hydrogen-bond donors (Lipinski definition) is 2. The van der Waals surface area contributed by atoms with Gasteiger partial charge in [0.05, 0.1) is 11.4 Å². The first-order valence-electron chi connectivity index (χ1n) is 8.30. The molecule has 0 amide bonds. The largest absolute Gasteiger partial charge is 0.384 e. The van der Waals surface area contributed by atoms with Crippen LogP contribution in [0.2, 0.25) is 0 Å². The van der Waals surface area contributed by atoms with Gasteiger partial charge in [0.1, 0.15) is 17.3 Å². The van der Waals surface area contributed by atoms with Gasteiger partial charge in [0.2, 0.25) is 5.95 Å². The van der Waals surface area contributed by atoms with Crippen LogP contribution in [0.15, 0.2) is 41.9 Å². The highest BCUT2D eigenvalue weighted by molar-refractivity contribution is 7.15. The minimum atomic E-state index is -0.279. The van der Waals surface area contributed by atoms with Gasteiger partial charge >= 0.3 is 0 Å². The summed E-state index contributed by atoms with van der Waals surface area (Å²) in [4.78, 5) is 14.5. The summed E-state index contributed by atoms with van der Waals surface area (Å²) in [6.07, 6.45) is 4.19. The topological polar surface area (TPSA) is 81.1 Å². The van der Waals surface area contributed by atoms with Crippen molar-refractivity contribution >= 4 is 28.1 Å². The molecule has 0 atom stereocenters. The third kappa shape index (κ3) is 2.68. The van der Waals surface area contributed by atoms with Crippen molar-refractivity contribution in [2.45, 2.75) is 18.9 Å². The molecule has 1 aliphatic rings. The van der Waals surface area contributed by atoms with Crippen molar-refractivity contribution in [2.24, 2.45) is 0 Å². The number of fused-ring (bicyclic) bond motifs is 1. The average Bonchev–Trinajstić information content (AvgIpc) is 3.17. The van der Waals surface area contributed by atoms with E-state index in [0.29, 0.717) is 23.5 Å². The first kappa shape index (κ1) is 15.3. The quantitative estimate of drug-likeness (QED) is 0.574. The molecule has 4 aromatic rings. The number of halogens is 1. The second kappa shape index (κ2) is 5.77. The minimum Gasteiger partial charge on any atom is -0.384 e. The van der Waals surface area contributed by atoms with Gasteiger partial charge in [-0.15, -0.1) is 11.3 Å². The van der Waals surface area contributed by atoms with Crippen LogP contribution in [0.1, 0.15) is 12.8 Å². The fourth-order valence-electron chi connectivity index (χ4n) is 2.90. The van der Waals surface area contributed by atoms with E-state index < -0.39 is 0 Å². The van der Waals surface area contributed by atoms with E-state index in [2.05, 4.69) is 15.3 Å². The second-order valence-corrected chi connectivity index (χ2v) is 7.16. The molecule has 0 radical (unpaired) electrons. The van der Waals surface area contributed by atoms with E-state index in [4.69, 9.17) is 10.7 Å². The van der Waals surface area contributed by atoms with Crippen molar-refractivity contribution in [2.75, 3.05) is 11.1 Å². The molecular weight excluding hydrogens is 351 g/mol. The highest BCUT2D eigenvalue weighted by Crippen LogP contribution is 2.34. The summed E-state index contributed by atoms with van der Waals surface area (Å²) >= 11 is 1.53. The zero-order valence-electron chi connectivity index (χ0n) is 13.7. The Morgan fingerprint density at radius 3 is 2.73 bits per heavy atom. The molecule has 5 rings (SSSR count). The standard InChI is InChI=1S/C18H15FN6S/c19-11-3-1-10(2-4-11)15-16(25-7-8-26-18(25)24-15)13-9-14(20)23-17(22-13)21-12-5-6-12/h1-4,7-9,12H,5-6H2,(H3,20,21,22,23). The number of imidazole rings is 1. The molecule has 1 saturated carbocycles. The molecule has 1 fully saturated rings. The summed E-state index contributed by atoms with van der Waals surface area (Å²) in [6, 6.07) is 8.47. The molecule has 8 heteroatoms. The van der Waals surface area contributed by atoms with E-state index in [1.54, 1.807) is 18.2 Å². The van der Waals surface area contributed by atoms with Gasteiger partial charge < -0.3 is 11.1 Å². The van der Waals surface area contributed by atoms with Crippen molar-refractivity contribution in [3.05, 3.63) is 47.7 Å². The van der Waals surface area contributed by atoms with Crippen LogP contribution in [-0.2, 0) is 0 Å². The van der Waals surface area contributed by atoms with Gasteiger partial charge in [-0.25, -0.2) is 14.4 Å². The molecule has 1 aliphatic carbocycles. The number of nitrogens with zero attached hydrogens (tertiary/aromatic N) is 4. The van der Waals surface area contributed by atoms with E-state index in [1.165, 1.54) is 23.5 Å². The molecule has 0 unspecified atom stereocenters. The number of benzene rings is 1. The Morgan fingerprint density at radius 1 is 1.15 bits per heavy atom. The van der Waals surface area contributed by atoms with E-state index in [-0.39, 0.29) is 5.82 Å². The molecule has 3 heterocycles. The van der Waals surface area contributed by atoms with Gasteiger partial charge in [-0.2, -0.15) is 4.98 Å². The summed E-state index contributed by atoms with van der Waals surface area (Å²) in [6.45, 7) is 0. The maximum absolute atomic E-state index is 13.3. The molecular formula is C18H15FN6S. The molecule has 130 valence electrons. The Morgan fingerprint density at radius 2 is 1.96 bits per heavy atom. The van der Waals surface area contributed by atoms with Crippen molar-refractivity contribution in [3.8, 4) is 22.6 Å². The first-order valence-corrected chi connectivity index (χ1v) is 9.18. The number of hydrogen-bond acceptors (Lipinski definition) is 6. The number of aromatic nitrogens is 4. The highest BCUT2D eigenvalue weighted by Gasteiger charge is 2.24. The number of nitrogens with one attached hydrogen (secondary N) is 1. The number of thiazole rings is 1. The second-order valence-electron chi connectivity index (χ2n) is 6.29. The first-order chi connectivity index (χ1) is 12.7. The molecule has 3 N–H and O–H groups in total. The monoisotopic (exact) mass is 366 g/mol. The lowest BCUT2D eigenvalue weighted by Gasteiger charge is -2.08. The van der Waals surface area contributed by atoms with Gasteiger partial charge in [0, 0.05) is 29.2 Å². The van der Waals surface area contributed by atoms with E-state index >= 15 is 0 Å². The van der Waals surface area contributed by atoms with Crippen LogP contribution >= 0.6 is 11.3 Å². The summed E-state index contributed by atoms with van der Waals surface area (Å²) in [5, 5.41) is 5.26. The lowest BCUT2D eigenvalue weighted by molar-refractivity contribution is 0.628. The van der Waals surface area contributed by atoms with Crippen LogP contribution in [0.25, 0.3) is 27.6 Å². The Kier molecular flexibility index (Phi) is 3.39. The van der Waals surface area contributed by atoms with E-state index in [9.17, 15) is 4.39 Å². The summed E-state index contributed by atoms with van der Waals surface area (Å²) in [7, 11) is 0. The predicted molar refractivity (Wildman–Crippen MR) is 101 cm³/mol. The number of nitrogen functional groups attached to an aromatic ring is 1. The fourth-order valence-corrected chi connectivity index (χ4v) is 3.62. The van der Waals surface area contributed by atoms with Crippen molar-refractivity contribution < 1.29 is 4.39 Å². The van der Waals surface area contributed by atoms with Crippen LogP contribution in [0, 0.1) is 5.82 Å². The van der Waals surface area contributed by atoms with Gasteiger partial charge in [0.25, 0.3) is 0 Å². The maximum Gasteiger partial charge on any atom is 0.225 e. The number of rotatable bonds is 4. The van der Waals surface area contributed by atoms with Crippen LogP contribution in [0.3, 0.4) is 0 Å². The molecule has 0 aliphatic heterocycles. The van der Waals surface area contributed by atoms with Crippen LogP contribution < -0.4 is 11.1 Å². The average molecular weight is 366 g/mol. The molecule has 3 aromatic heterocycles. The summed E-state index contributed by atoms with van der Waals surface area (Å²) in [5.74, 6) is 0.643. The van der Waals surface area contributed by atoms with Gasteiger partial charge in [-0.3, -0.25) is 4.40 Å². The minimum absolute atomic E-state index is 0.279. The summed E-state index contributed by atoms with van der Waals surface area (Å²) in [5.41, 5.74) is 9.10. The van der Waals surface area contributed by atoms with Crippen molar-refractivity contribution in [1.29, 1.82) is 0 Å². The van der Waals surface area contributed by atoms with Gasteiger partial charge in [-0.1, -0.05) is 0 Å². The van der Waals surface area contributed by atoms with Crippen LogP contribution in [-0.4, -0.2) is 25.4 Å². The number of anilines is 2. The Hall–Kier alpha value is -3.00. The maximum atomic E-state index is 13.3. The van der Waals surface area contributed by atoms with Crippen molar-refractivity contribution in [3.63, 3.8) is 0 Å². The van der Waals surface area contributed by atoms with E-state index in [0.717, 1.165) is 34.8 Å². The molecule has 6 nitrogen and oxygen atoms in total. The Balaban J connectivity index is 1.70. The third-order valence-electron chi connectivity index (χ3n) is 4.28. The Bertz CT molecular complexity index is 1100. The van der Waals surface area contributed by atoms with E-state index in [1.807, 2.05) is 16.0 Å². The molecule has 0 bridgehead atoms. The Labute approximate surface area is 152 Å². The summed E-state index contributed by atoms with van der Waals surface area (Å²) < 4.78 is 15.3. The lowest BCUT2D eigenvalue weighted by atomic mass is 10.1. The normalized spacial score (nSPS) is 14.0. The SMILES string of the molecule is Nc1cc(-c2c(-c3ccc(F)cc3)nc3sccn23)nc(NC2CC2)n1. The number of nitrogens with two attached hydrogens (primary N) is 1. The lowest BCUT2D eigenvalue weighted by Crippen LogP contribution is -2.08. The van der Waals surface area contributed by atoms with Crippen LogP contribution in [0.5, 0.6) is 0 Å². The third-order valence-corrected chi connectivity index (χ3v) is 5.04. The molecule has 1 aromatic carbocycles. The zero-order valence-corrected chi connectivity index (χ0v) is 14.5. The molecule has 0 saturated heterocycles. The van der Waals surface area contributed by atoms with Crippen molar-refractivity contribution in [1.82, 2.24) is 19.4 Å². The fraction of sp³-hybridized carbons (Fsp3) is 0.167. The predicted octanol–water partition coefficient (Wildman–Crippen LogP) is 3.82. The van der Waals surface area contributed by atoms with Crippen LogP contribution in [0.4, 0.5) is 16.2 Å². The van der Waals surface area contributed by atoms with Gasteiger partial charge in [-0.05, 0) is 37.1 Å². The molecule has 26 heavy (non-hydrogen) atoms. The zero-order chi connectivity index (χ0) is 17.7. The molecule has 0 spiro atoms.